The van der Waals surface area contributed by atoms with Crippen LogP contribution in [0.5, 0.6) is 0 Å². The van der Waals surface area contributed by atoms with Gasteiger partial charge in [0.1, 0.15) is 18.1 Å². The van der Waals surface area contributed by atoms with Crippen molar-refractivity contribution in [3.05, 3.63) is 35.9 Å². The van der Waals surface area contributed by atoms with Crippen LogP contribution in [0.1, 0.15) is 52.5 Å². The molecule has 0 aliphatic heterocycles. The first kappa shape index (κ1) is 30.6. The topological polar surface area (TPSA) is 194 Å². The van der Waals surface area contributed by atoms with Gasteiger partial charge in [-0.3, -0.25) is 19.2 Å². The number of rotatable bonds is 15. The fourth-order valence-corrected chi connectivity index (χ4v) is 3.44. The molecule has 5 unspecified atom stereocenters. The number of carbonyl (C=O) groups is 5. The molecule has 11 heteroatoms. The average Bonchev–Trinajstić information content (AvgIpc) is 2.83. The van der Waals surface area contributed by atoms with Crippen LogP contribution < -0.4 is 27.4 Å². The number of hydrogen-bond acceptors (Lipinski definition) is 6. The molecule has 0 aliphatic carbocycles. The number of aliphatic carboxylic acids is 1. The summed E-state index contributed by atoms with van der Waals surface area (Å²) in [6.45, 7) is 7.06. The summed E-state index contributed by atoms with van der Waals surface area (Å²) in [6, 6.07) is 4.50. The van der Waals surface area contributed by atoms with Crippen molar-refractivity contribution < 1.29 is 29.1 Å². The van der Waals surface area contributed by atoms with Crippen molar-refractivity contribution in [3.63, 3.8) is 0 Å². The average molecular weight is 506 g/mol. The molecule has 1 aromatic carbocycles. The van der Waals surface area contributed by atoms with Crippen molar-refractivity contribution in [1.82, 2.24) is 16.0 Å². The van der Waals surface area contributed by atoms with Gasteiger partial charge in [-0.05, 0) is 23.8 Å². The molecule has 200 valence electrons. The molecule has 0 spiro atoms. The lowest BCUT2D eigenvalue weighted by molar-refractivity contribution is -0.142. The SMILES string of the molecule is CCC(C)C(N)C(=O)NC(CCC(N)=O)C(=O)NC(C(=O)NC(Cc1ccccc1)C(=O)O)C(C)C. The van der Waals surface area contributed by atoms with Crippen LogP contribution >= 0.6 is 0 Å². The standard InChI is InChI=1S/C25H39N5O6/c1-5-15(4)20(27)23(33)28-17(11-12-19(26)31)22(32)30-21(14(2)3)24(34)29-18(25(35)36)13-16-9-7-6-8-10-16/h6-10,14-15,17-18,20-21H,5,11-13,27H2,1-4H3,(H2,26,31)(H,28,33)(H,29,34)(H,30,32)(H,35,36). The molecule has 0 fully saturated rings. The molecule has 1 rings (SSSR count). The fraction of sp³-hybridized carbons (Fsp3) is 0.560. The van der Waals surface area contributed by atoms with Crippen molar-refractivity contribution in [1.29, 1.82) is 0 Å². The smallest absolute Gasteiger partial charge is 0.326 e. The van der Waals surface area contributed by atoms with Gasteiger partial charge in [0.05, 0.1) is 6.04 Å². The highest BCUT2D eigenvalue weighted by molar-refractivity contribution is 5.94. The Morgan fingerprint density at radius 1 is 0.889 bits per heavy atom. The summed E-state index contributed by atoms with van der Waals surface area (Å²) >= 11 is 0. The maximum atomic E-state index is 13.1. The van der Waals surface area contributed by atoms with Gasteiger partial charge < -0.3 is 32.5 Å². The molecule has 1 aromatic rings. The second kappa shape index (κ2) is 14.8. The quantitative estimate of drug-likeness (QED) is 0.194. The number of nitrogens with one attached hydrogen (secondary N) is 3. The molecule has 0 aliphatic rings. The van der Waals surface area contributed by atoms with E-state index < -0.39 is 59.7 Å². The Balaban J connectivity index is 3.00. The predicted octanol–water partition coefficient (Wildman–Crippen LogP) is 0.0630. The summed E-state index contributed by atoms with van der Waals surface area (Å²) in [5.74, 6) is -4.37. The molecule has 0 radical (unpaired) electrons. The van der Waals surface area contributed by atoms with Crippen LogP contribution in [0.15, 0.2) is 30.3 Å². The van der Waals surface area contributed by atoms with E-state index in [0.717, 1.165) is 5.56 Å². The van der Waals surface area contributed by atoms with E-state index in [1.807, 2.05) is 6.92 Å². The van der Waals surface area contributed by atoms with Gasteiger partial charge in [0.2, 0.25) is 23.6 Å². The third-order valence-corrected chi connectivity index (χ3v) is 6.02. The van der Waals surface area contributed by atoms with E-state index >= 15 is 0 Å². The number of amides is 4. The van der Waals surface area contributed by atoms with Gasteiger partial charge in [0.25, 0.3) is 0 Å². The Bertz CT molecular complexity index is 907. The van der Waals surface area contributed by atoms with Crippen molar-refractivity contribution in [2.75, 3.05) is 0 Å². The first-order valence-corrected chi connectivity index (χ1v) is 12.1. The fourth-order valence-electron chi connectivity index (χ4n) is 3.44. The number of nitrogens with two attached hydrogens (primary N) is 2. The van der Waals surface area contributed by atoms with Crippen molar-refractivity contribution in [2.24, 2.45) is 23.3 Å². The summed E-state index contributed by atoms with van der Waals surface area (Å²) in [7, 11) is 0. The molecule has 0 saturated heterocycles. The van der Waals surface area contributed by atoms with Crippen LogP contribution in [0.4, 0.5) is 0 Å². The van der Waals surface area contributed by atoms with Crippen molar-refractivity contribution >= 4 is 29.6 Å². The van der Waals surface area contributed by atoms with Gasteiger partial charge in [-0.15, -0.1) is 0 Å². The second-order valence-electron chi connectivity index (χ2n) is 9.30. The Morgan fingerprint density at radius 3 is 1.97 bits per heavy atom. The maximum absolute atomic E-state index is 13.1. The molecule has 0 saturated carbocycles. The minimum absolute atomic E-state index is 0.0610. The summed E-state index contributed by atoms with van der Waals surface area (Å²) in [5.41, 5.74) is 11.9. The minimum atomic E-state index is -1.22. The van der Waals surface area contributed by atoms with E-state index in [0.29, 0.717) is 6.42 Å². The van der Waals surface area contributed by atoms with Crippen LogP contribution in [0.25, 0.3) is 0 Å². The molecule has 0 aromatic heterocycles. The van der Waals surface area contributed by atoms with Crippen molar-refractivity contribution in [2.45, 2.75) is 77.5 Å². The van der Waals surface area contributed by atoms with Gasteiger partial charge in [0.15, 0.2) is 0 Å². The van der Waals surface area contributed by atoms with E-state index in [4.69, 9.17) is 11.5 Å². The van der Waals surface area contributed by atoms with E-state index in [2.05, 4.69) is 16.0 Å². The lowest BCUT2D eigenvalue weighted by Crippen LogP contribution is -2.59. The Labute approximate surface area is 211 Å². The monoisotopic (exact) mass is 505 g/mol. The molecule has 36 heavy (non-hydrogen) atoms. The van der Waals surface area contributed by atoms with Crippen LogP contribution in [0.2, 0.25) is 0 Å². The second-order valence-corrected chi connectivity index (χ2v) is 9.30. The first-order chi connectivity index (χ1) is 16.9. The Hall–Kier alpha value is -3.47. The molecule has 8 N–H and O–H groups in total. The highest BCUT2D eigenvalue weighted by Crippen LogP contribution is 2.10. The van der Waals surface area contributed by atoms with E-state index in [9.17, 15) is 29.1 Å². The lowest BCUT2D eigenvalue weighted by Gasteiger charge is -2.27. The van der Waals surface area contributed by atoms with Crippen LogP contribution in [-0.4, -0.2) is 58.9 Å². The molecule has 4 amide bonds. The van der Waals surface area contributed by atoms with Gasteiger partial charge in [-0.25, -0.2) is 4.79 Å². The summed E-state index contributed by atoms with van der Waals surface area (Å²) in [6.07, 6.45) is 0.452. The van der Waals surface area contributed by atoms with E-state index in [1.165, 1.54) is 0 Å². The summed E-state index contributed by atoms with van der Waals surface area (Å²) < 4.78 is 0. The van der Waals surface area contributed by atoms with E-state index in [1.54, 1.807) is 51.1 Å². The molecule has 5 atom stereocenters. The number of hydrogen-bond donors (Lipinski definition) is 6. The van der Waals surface area contributed by atoms with Gasteiger partial charge in [-0.2, -0.15) is 0 Å². The normalized spacial score (nSPS) is 15.2. The number of benzene rings is 1. The van der Waals surface area contributed by atoms with Crippen LogP contribution in [0.3, 0.4) is 0 Å². The Kier molecular flexibility index (Phi) is 12.6. The van der Waals surface area contributed by atoms with Gasteiger partial charge >= 0.3 is 5.97 Å². The molecule has 0 heterocycles. The van der Waals surface area contributed by atoms with Gasteiger partial charge in [-0.1, -0.05) is 64.4 Å². The zero-order valence-corrected chi connectivity index (χ0v) is 21.3. The zero-order chi connectivity index (χ0) is 27.4. The lowest BCUT2D eigenvalue weighted by atomic mass is 9.98. The largest absolute Gasteiger partial charge is 0.480 e. The number of carboxylic acids is 1. The summed E-state index contributed by atoms with van der Waals surface area (Å²) in [4.78, 5) is 61.7. The van der Waals surface area contributed by atoms with Crippen LogP contribution in [0, 0.1) is 11.8 Å². The number of carboxylic acid groups (broad SMARTS) is 1. The number of primary amides is 1. The maximum Gasteiger partial charge on any atom is 0.326 e. The van der Waals surface area contributed by atoms with E-state index in [-0.39, 0.29) is 25.2 Å². The molecule has 11 nitrogen and oxygen atoms in total. The van der Waals surface area contributed by atoms with Crippen molar-refractivity contribution in [3.8, 4) is 0 Å². The van der Waals surface area contributed by atoms with Crippen LogP contribution in [-0.2, 0) is 30.4 Å². The summed E-state index contributed by atoms with van der Waals surface area (Å²) in [5, 5.41) is 17.2. The third-order valence-electron chi connectivity index (χ3n) is 6.02. The molecular formula is C25H39N5O6. The predicted molar refractivity (Wildman–Crippen MR) is 134 cm³/mol. The van der Waals surface area contributed by atoms with Gasteiger partial charge in [0, 0.05) is 12.8 Å². The number of carbonyl (C=O) groups excluding carboxylic acids is 4. The highest BCUT2D eigenvalue weighted by atomic mass is 16.4. The highest BCUT2D eigenvalue weighted by Gasteiger charge is 2.32. The molecular weight excluding hydrogens is 466 g/mol. The molecule has 0 bridgehead atoms. The Morgan fingerprint density at radius 2 is 1.47 bits per heavy atom. The first-order valence-electron chi connectivity index (χ1n) is 12.1. The minimum Gasteiger partial charge on any atom is -0.480 e. The zero-order valence-electron chi connectivity index (χ0n) is 21.3. The third kappa shape index (κ3) is 10.0.